The Kier molecular flexibility index (Phi) is 7.64. The van der Waals surface area contributed by atoms with E-state index in [1.165, 1.54) is 5.56 Å². The summed E-state index contributed by atoms with van der Waals surface area (Å²) in [4.78, 5) is 11.7. The Hall–Kier alpha value is -1.57. The Morgan fingerprint density at radius 1 is 1.21 bits per heavy atom. The van der Waals surface area contributed by atoms with Gasteiger partial charge in [-0.3, -0.25) is 0 Å². The average molecular weight is 260 g/mol. The number of allylic oxidation sites excluding steroid dienone is 2. The molecule has 0 spiro atoms. The zero-order valence-electron chi connectivity index (χ0n) is 12.0. The number of carbonyl (C=O) groups is 1. The van der Waals surface area contributed by atoms with Gasteiger partial charge in [0.15, 0.2) is 0 Å². The number of carbonyl (C=O) groups excluding carboxylic acids is 1. The molecule has 0 heterocycles. The van der Waals surface area contributed by atoms with Crippen LogP contribution in [0.5, 0.6) is 0 Å². The summed E-state index contributed by atoms with van der Waals surface area (Å²) in [5.74, 6) is -0.212. The van der Waals surface area contributed by atoms with Gasteiger partial charge in [0, 0.05) is 0 Å². The minimum absolute atomic E-state index is 0.212. The van der Waals surface area contributed by atoms with Crippen LogP contribution < -0.4 is 0 Å². The van der Waals surface area contributed by atoms with E-state index in [1.54, 1.807) is 0 Å². The van der Waals surface area contributed by atoms with Gasteiger partial charge >= 0.3 is 5.97 Å². The van der Waals surface area contributed by atoms with Gasteiger partial charge < -0.3 is 4.74 Å². The van der Waals surface area contributed by atoms with E-state index in [-0.39, 0.29) is 5.97 Å². The van der Waals surface area contributed by atoms with E-state index >= 15 is 0 Å². The lowest BCUT2D eigenvalue weighted by molar-refractivity contribution is 0.0498. The maximum atomic E-state index is 11.7. The number of rotatable bonds is 8. The van der Waals surface area contributed by atoms with Crippen LogP contribution in [0.1, 0.15) is 55.5 Å². The first-order valence-electron chi connectivity index (χ1n) is 7.15. The first-order valence-corrected chi connectivity index (χ1v) is 7.15. The summed E-state index contributed by atoms with van der Waals surface area (Å²) in [7, 11) is 0. The second-order valence-electron chi connectivity index (χ2n) is 4.65. The third kappa shape index (κ3) is 6.23. The monoisotopic (exact) mass is 260 g/mol. The number of hydrogen-bond acceptors (Lipinski definition) is 2. The fraction of sp³-hybridized carbons (Fsp3) is 0.471. The second-order valence-corrected chi connectivity index (χ2v) is 4.65. The van der Waals surface area contributed by atoms with E-state index in [9.17, 15) is 4.79 Å². The lowest BCUT2D eigenvalue weighted by Crippen LogP contribution is -2.06. The highest BCUT2D eigenvalue weighted by Crippen LogP contribution is 2.09. The van der Waals surface area contributed by atoms with Crippen LogP contribution in [0.3, 0.4) is 0 Å². The van der Waals surface area contributed by atoms with Crippen molar-refractivity contribution in [3.63, 3.8) is 0 Å². The Morgan fingerprint density at radius 2 is 1.95 bits per heavy atom. The van der Waals surface area contributed by atoms with Gasteiger partial charge in [0.2, 0.25) is 0 Å². The van der Waals surface area contributed by atoms with E-state index in [4.69, 9.17) is 4.74 Å². The van der Waals surface area contributed by atoms with E-state index in [2.05, 4.69) is 19.1 Å². The number of aryl methyl sites for hydroxylation is 1. The van der Waals surface area contributed by atoms with Gasteiger partial charge in [0.25, 0.3) is 0 Å². The van der Waals surface area contributed by atoms with Gasteiger partial charge in [-0.05, 0) is 43.9 Å². The van der Waals surface area contributed by atoms with Crippen molar-refractivity contribution in [1.82, 2.24) is 0 Å². The number of esters is 1. The fourth-order valence-corrected chi connectivity index (χ4v) is 1.82. The van der Waals surface area contributed by atoms with Crippen molar-refractivity contribution in [3.8, 4) is 0 Å². The van der Waals surface area contributed by atoms with E-state index in [0.29, 0.717) is 12.2 Å². The van der Waals surface area contributed by atoms with Crippen molar-refractivity contribution >= 4 is 5.97 Å². The SMILES string of the molecule is CC=CCCc1ccc(C(=O)OCCCCC)cc1. The number of ether oxygens (including phenoxy) is 1. The summed E-state index contributed by atoms with van der Waals surface area (Å²) in [6.45, 7) is 4.68. The van der Waals surface area contributed by atoms with Crippen molar-refractivity contribution in [1.29, 1.82) is 0 Å². The van der Waals surface area contributed by atoms with Gasteiger partial charge in [-0.15, -0.1) is 0 Å². The van der Waals surface area contributed by atoms with Gasteiger partial charge in [-0.25, -0.2) is 4.79 Å². The summed E-state index contributed by atoms with van der Waals surface area (Å²) in [5.41, 5.74) is 1.90. The molecular formula is C17H24O2. The summed E-state index contributed by atoms with van der Waals surface area (Å²) < 4.78 is 5.22. The summed E-state index contributed by atoms with van der Waals surface area (Å²) in [6, 6.07) is 7.72. The summed E-state index contributed by atoms with van der Waals surface area (Å²) >= 11 is 0. The highest BCUT2D eigenvalue weighted by molar-refractivity contribution is 5.89. The molecule has 0 N–H and O–H groups in total. The van der Waals surface area contributed by atoms with Crippen LogP contribution in [0.2, 0.25) is 0 Å². The van der Waals surface area contributed by atoms with Gasteiger partial charge in [-0.1, -0.05) is 44.1 Å². The number of unbranched alkanes of at least 4 members (excludes halogenated alkanes) is 2. The molecular weight excluding hydrogens is 236 g/mol. The van der Waals surface area contributed by atoms with Crippen molar-refractivity contribution in [3.05, 3.63) is 47.5 Å². The normalized spacial score (nSPS) is 10.8. The fourth-order valence-electron chi connectivity index (χ4n) is 1.82. The largest absolute Gasteiger partial charge is 0.462 e. The standard InChI is InChI=1S/C17H24O2/c1-3-5-7-9-15-10-12-16(13-11-15)17(18)19-14-8-6-4-2/h3,5,10-13H,4,6-9,14H2,1-2H3. The molecule has 0 atom stereocenters. The third-order valence-electron chi connectivity index (χ3n) is 3.01. The van der Waals surface area contributed by atoms with Crippen LogP contribution in [0.4, 0.5) is 0 Å². The van der Waals surface area contributed by atoms with E-state index < -0.39 is 0 Å². The van der Waals surface area contributed by atoms with Gasteiger partial charge in [-0.2, -0.15) is 0 Å². The molecule has 0 saturated heterocycles. The predicted molar refractivity (Wildman–Crippen MR) is 79.4 cm³/mol. The predicted octanol–water partition coefficient (Wildman–Crippen LogP) is 4.54. The Morgan fingerprint density at radius 3 is 2.58 bits per heavy atom. The highest BCUT2D eigenvalue weighted by atomic mass is 16.5. The highest BCUT2D eigenvalue weighted by Gasteiger charge is 2.06. The zero-order valence-corrected chi connectivity index (χ0v) is 12.0. The molecule has 0 unspecified atom stereocenters. The molecule has 1 rings (SSSR count). The molecule has 0 aliphatic rings. The third-order valence-corrected chi connectivity index (χ3v) is 3.01. The number of hydrogen-bond donors (Lipinski definition) is 0. The van der Waals surface area contributed by atoms with Crippen molar-refractivity contribution < 1.29 is 9.53 Å². The Labute approximate surface area is 116 Å². The number of benzene rings is 1. The van der Waals surface area contributed by atoms with Crippen molar-refractivity contribution in [2.24, 2.45) is 0 Å². The lowest BCUT2D eigenvalue weighted by atomic mass is 10.1. The molecule has 0 bridgehead atoms. The molecule has 1 aromatic rings. The molecule has 19 heavy (non-hydrogen) atoms. The van der Waals surface area contributed by atoms with Crippen LogP contribution in [0.25, 0.3) is 0 Å². The molecule has 0 fully saturated rings. The smallest absolute Gasteiger partial charge is 0.338 e. The molecule has 0 aliphatic heterocycles. The van der Waals surface area contributed by atoms with Gasteiger partial charge in [0.05, 0.1) is 12.2 Å². The Bertz CT molecular complexity index is 390. The quantitative estimate of drug-likeness (QED) is 0.389. The molecule has 2 heteroatoms. The van der Waals surface area contributed by atoms with Crippen LogP contribution in [-0.2, 0) is 11.2 Å². The molecule has 0 aliphatic carbocycles. The van der Waals surface area contributed by atoms with Crippen LogP contribution >= 0.6 is 0 Å². The summed E-state index contributed by atoms with van der Waals surface area (Å²) in [6.07, 6.45) is 9.45. The zero-order chi connectivity index (χ0) is 13.9. The molecule has 0 aromatic heterocycles. The van der Waals surface area contributed by atoms with Crippen molar-refractivity contribution in [2.45, 2.75) is 46.0 Å². The van der Waals surface area contributed by atoms with E-state index in [1.807, 2.05) is 31.2 Å². The van der Waals surface area contributed by atoms with Crippen LogP contribution in [0, 0.1) is 0 Å². The minimum Gasteiger partial charge on any atom is -0.462 e. The average Bonchev–Trinajstić information content (AvgIpc) is 2.44. The van der Waals surface area contributed by atoms with Crippen LogP contribution in [0.15, 0.2) is 36.4 Å². The molecule has 0 amide bonds. The maximum Gasteiger partial charge on any atom is 0.338 e. The minimum atomic E-state index is -0.212. The topological polar surface area (TPSA) is 26.3 Å². The second kappa shape index (κ2) is 9.37. The molecule has 104 valence electrons. The first-order chi connectivity index (χ1) is 9.27. The lowest BCUT2D eigenvalue weighted by Gasteiger charge is -2.05. The van der Waals surface area contributed by atoms with Gasteiger partial charge in [0.1, 0.15) is 0 Å². The van der Waals surface area contributed by atoms with Crippen LogP contribution in [-0.4, -0.2) is 12.6 Å². The summed E-state index contributed by atoms with van der Waals surface area (Å²) in [5, 5.41) is 0. The molecule has 1 aromatic carbocycles. The maximum absolute atomic E-state index is 11.7. The molecule has 0 saturated carbocycles. The van der Waals surface area contributed by atoms with Crippen molar-refractivity contribution in [2.75, 3.05) is 6.61 Å². The molecule has 0 radical (unpaired) electrons. The first kappa shape index (κ1) is 15.5. The van der Waals surface area contributed by atoms with E-state index in [0.717, 1.165) is 32.1 Å². The Balaban J connectivity index is 2.39. The molecule has 2 nitrogen and oxygen atoms in total.